The van der Waals surface area contributed by atoms with Crippen LogP contribution in [0.2, 0.25) is 0 Å². The molecule has 4 aromatic rings. The van der Waals surface area contributed by atoms with Crippen LogP contribution in [0.15, 0.2) is 53.6 Å². The summed E-state index contributed by atoms with van der Waals surface area (Å²) in [5.74, 6) is 2.58. The summed E-state index contributed by atoms with van der Waals surface area (Å²) in [6.07, 6.45) is 5.45. The fourth-order valence-electron chi connectivity index (χ4n) is 3.16. The van der Waals surface area contributed by atoms with Gasteiger partial charge in [-0.05, 0) is 29.8 Å². The van der Waals surface area contributed by atoms with Crippen molar-refractivity contribution in [3.05, 3.63) is 66.1 Å². The molecule has 1 aliphatic heterocycles. The number of rotatable bonds is 6. The standard InChI is InChI=1S/C21H18N6O4/c1-2-18-25-21(31-26-18)14-4-3-7-22-19(14)27-10-15(24-11-27)20(28)23-9-13-5-6-16-17(8-13)30-12-29-16/h3-8,10-11H,2,9,12H2,1H3,(H,23,28). The fourth-order valence-corrected chi connectivity index (χ4v) is 3.16. The maximum absolute atomic E-state index is 12.6. The van der Waals surface area contributed by atoms with Crippen LogP contribution >= 0.6 is 0 Å². The van der Waals surface area contributed by atoms with Gasteiger partial charge in [0.1, 0.15) is 12.0 Å². The zero-order valence-corrected chi connectivity index (χ0v) is 16.6. The van der Waals surface area contributed by atoms with E-state index in [0.29, 0.717) is 47.6 Å². The molecule has 0 fully saturated rings. The van der Waals surface area contributed by atoms with E-state index < -0.39 is 0 Å². The molecule has 0 saturated carbocycles. The molecule has 4 heterocycles. The number of nitrogens with zero attached hydrogens (tertiary/aromatic N) is 5. The van der Waals surface area contributed by atoms with Gasteiger partial charge in [-0.25, -0.2) is 9.97 Å². The Morgan fingerprint density at radius 2 is 2.10 bits per heavy atom. The highest BCUT2D eigenvalue weighted by Gasteiger charge is 2.18. The normalized spacial score (nSPS) is 12.2. The quantitative estimate of drug-likeness (QED) is 0.508. The minimum absolute atomic E-state index is 0.210. The van der Waals surface area contributed by atoms with Crippen LogP contribution in [0.5, 0.6) is 11.5 Å². The van der Waals surface area contributed by atoms with Gasteiger partial charge in [0.15, 0.2) is 23.1 Å². The van der Waals surface area contributed by atoms with Gasteiger partial charge in [-0.1, -0.05) is 18.1 Å². The van der Waals surface area contributed by atoms with E-state index in [1.54, 1.807) is 23.0 Å². The van der Waals surface area contributed by atoms with Crippen molar-refractivity contribution in [3.63, 3.8) is 0 Å². The van der Waals surface area contributed by atoms with Crippen LogP contribution in [0.4, 0.5) is 0 Å². The van der Waals surface area contributed by atoms with Crippen LogP contribution < -0.4 is 14.8 Å². The van der Waals surface area contributed by atoms with E-state index in [2.05, 4.69) is 25.4 Å². The number of pyridine rings is 1. The van der Waals surface area contributed by atoms with Crippen LogP contribution in [-0.2, 0) is 13.0 Å². The second-order valence-electron chi connectivity index (χ2n) is 6.78. The maximum Gasteiger partial charge on any atom is 0.271 e. The summed E-state index contributed by atoms with van der Waals surface area (Å²) in [4.78, 5) is 25.6. The van der Waals surface area contributed by atoms with E-state index >= 15 is 0 Å². The van der Waals surface area contributed by atoms with Gasteiger partial charge in [-0.15, -0.1) is 0 Å². The molecule has 5 rings (SSSR count). The van der Waals surface area contributed by atoms with E-state index in [1.807, 2.05) is 31.2 Å². The number of imidazole rings is 1. The smallest absolute Gasteiger partial charge is 0.271 e. The Balaban J connectivity index is 1.33. The molecule has 156 valence electrons. The molecule has 0 aliphatic carbocycles. The molecule has 31 heavy (non-hydrogen) atoms. The number of carbonyl (C=O) groups is 1. The third-order valence-corrected chi connectivity index (χ3v) is 4.75. The molecule has 1 aliphatic rings. The minimum Gasteiger partial charge on any atom is -0.454 e. The summed E-state index contributed by atoms with van der Waals surface area (Å²) in [5.41, 5.74) is 1.81. The second-order valence-corrected chi connectivity index (χ2v) is 6.78. The Kier molecular flexibility index (Phi) is 4.79. The first-order chi connectivity index (χ1) is 15.2. The zero-order valence-electron chi connectivity index (χ0n) is 16.6. The van der Waals surface area contributed by atoms with Crippen molar-refractivity contribution in [3.8, 4) is 28.8 Å². The topological polar surface area (TPSA) is 117 Å². The Labute approximate surface area is 176 Å². The lowest BCUT2D eigenvalue weighted by molar-refractivity contribution is 0.0946. The van der Waals surface area contributed by atoms with E-state index in [9.17, 15) is 4.79 Å². The van der Waals surface area contributed by atoms with Crippen LogP contribution in [0.1, 0.15) is 28.8 Å². The molecule has 0 spiro atoms. The molecule has 0 atom stereocenters. The third-order valence-electron chi connectivity index (χ3n) is 4.75. The van der Waals surface area contributed by atoms with E-state index in [0.717, 1.165) is 5.56 Å². The molecule has 1 N–H and O–H groups in total. The first-order valence-corrected chi connectivity index (χ1v) is 9.70. The van der Waals surface area contributed by atoms with Crippen molar-refractivity contribution in [2.24, 2.45) is 0 Å². The second kappa shape index (κ2) is 7.90. The SMILES string of the molecule is CCc1noc(-c2cccnc2-n2cnc(C(=O)NCc3ccc4c(c3)OCO4)c2)n1. The van der Waals surface area contributed by atoms with Crippen molar-refractivity contribution in [1.82, 2.24) is 30.0 Å². The van der Waals surface area contributed by atoms with Gasteiger partial charge in [0.25, 0.3) is 11.8 Å². The summed E-state index contributed by atoms with van der Waals surface area (Å²) in [6, 6.07) is 9.15. The van der Waals surface area contributed by atoms with Gasteiger partial charge in [0.2, 0.25) is 6.79 Å². The minimum atomic E-state index is -0.306. The molecule has 1 amide bonds. The highest BCUT2D eigenvalue weighted by Crippen LogP contribution is 2.32. The number of nitrogens with one attached hydrogen (secondary N) is 1. The van der Waals surface area contributed by atoms with Crippen molar-refractivity contribution < 1.29 is 18.8 Å². The Morgan fingerprint density at radius 1 is 1.19 bits per heavy atom. The molecule has 1 aromatic carbocycles. The molecule has 0 radical (unpaired) electrons. The van der Waals surface area contributed by atoms with Crippen LogP contribution in [0.25, 0.3) is 17.3 Å². The molecular weight excluding hydrogens is 400 g/mol. The first kappa shape index (κ1) is 18.8. The number of amides is 1. The number of fused-ring (bicyclic) bond motifs is 1. The zero-order chi connectivity index (χ0) is 21.2. The number of aryl methyl sites for hydroxylation is 1. The monoisotopic (exact) mass is 418 g/mol. The maximum atomic E-state index is 12.6. The highest BCUT2D eigenvalue weighted by molar-refractivity contribution is 5.92. The van der Waals surface area contributed by atoms with Gasteiger partial charge in [-0.3, -0.25) is 9.36 Å². The lowest BCUT2D eigenvalue weighted by atomic mass is 10.2. The summed E-state index contributed by atoms with van der Waals surface area (Å²) >= 11 is 0. The van der Waals surface area contributed by atoms with Gasteiger partial charge in [0, 0.05) is 25.4 Å². The number of hydrogen-bond donors (Lipinski definition) is 1. The largest absolute Gasteiger partial charge is 0.454 e. The first-order valence-electron chi connectivity index (χ1n) is 9.70. The lowest BCUT2D eigenvalue weighted by Gasteiger charge is -2.05. The van der Waals surface area contributed by atoms with E-state index in [1.165, 1.54) is 6.33 Å². The van der Waals surface area contributed by atoms with Gasteiger partial charge in [0.05, 0.1) is 5.56 Å². The van der Waals surface area contributed by atoms with E-state index in [-0.39, 0.29) is 18.4 Å². The van der Waals surface area contributed by atoms with Crippen molar-refractivity contribution in [2.45, 2.75) is 19.9 Å². The molecule has 3 aromatic heterocycles. The summed E-state index contributed by atoms with van der Waals surface area (Å²) in [7, 11) is 0. The summed E-state index contributed by atoms with van der Waals surface area (Å²) in [6.45, 7) is 2.49. The van der Waals surface area contributed by atoms with Crippen molar-refractivity contribution in [1.29, 1.82) is 0 Å². The summed E-state index contributed by atoms with van der Waals surface area (Å²) in [5, 5.41) is 6.79. The number of hydrogen-bond acceptors (Lipinski definition) is 8. The predicted molar refractivity (Wildman–Crippen MR) is 108 cm³/mol. The average Bonchev–Trinajstić information content (AvgIpc) is 3.57. The third kappa shape index (κ3) is 3.70. The van der Waals surface area contributed by atoms with Crippen molar-refractivity contribution in [2.75, 3.05) is 6.79 Å². The van der Waals surface area contributed by atoms with E-state index in [4.69, 9.17) is 14.0 Å². The Morgan fingerprint density at radius 3 is 2.97 bits per heavy atom. The molecule has 0 unspecified atom stereocenters. The average molecular weight is 418 g/mol. The molecule has 0 bridgehead atoms. The van der Waals surface area contributed by atoms with Gasteiger partial charge >= 0.3 is 0 Å². The van der Waals surface area contributed by atoms with Gasteiger partial charge < -0.3 is 19.3 Å². The molecule has 10 nitrogen and oxygen atoms in total. The summed E-state index contributed by atoms with van der Waals surface area (Å²) < 4.78 is 17.7. The molecular formula is C21H18N6O4. The van der Waals surface area contributed by atoms with Crippen LogP contribution in [-0.4, -0.2) is 37.4 Å². The van der Waals surface area contributed by atoms with Crippen LogP contribution in [0, 0.1) is 0 Å². The number of carbonyl (C=O) groups excluding carboxylic acids is 1. The molecule has 10 heteroatoms. The Bertz CT molecular complexity index is 1250. The Hall–Kier alpha value is -4.21. The van der Waals surface area contributed by atoms with Gasteiger partial charge in [-0.2, -0.15) is 4.98 Å². The highest BCUT2D eigenvalue weighted by atomic mass is 16.7. The van der Waals surface area contributed by atoms with Crippen molar-refractivity contribution >= 4 is 5.91 Å². The van der Waals surface area contributed by atoms with Crippen LogP contribution in [0.3, 0.4) is 0 Å². The fraction of sp³-hybridized carbons (Fsp3) is 0.190. The predicted octanol–water partition coefficient (Wildman–Crippen LogP) is 2.54. The number of benzene rings is 1. The lowest BCUT2D eigenvalue weighted by Crippen LogP contribution is -2.23. The number of aromatic nitrogens is 5. The number of ether oxygens (including phenoxy) is 2. The molecule has 0 saturated heterocycles.